The Morgan fingerprint density at radius 1 is 1.11 bits per heavy atom. The maximum atomic E-state index is 12.8. The minimum atomic E-state index is -5.02. The Kier molecular flexibility index (Phi) is 4.97. The largest absolute Gasteiger partial charge is 0.471 e. The molecule has 0 aliphatic rings. The fourth-order valence-electron chi connectivity index (χ4n) is 2.73. The Morgan fingerprint density at radius 2 is 1.81 bits per heavy atom. The summed E-state index contributed by atoms with van der Waals surface area (Å²) in [6, 6.07) is 12.3. The minimum absolute atomic E-state index is 0.0215. The summed E-state index contributed by atoms with van der Waals surface area (Å²) in [5.74, 6) is -2.00. The minimum Gasteiger partial charge on any atom is -0.422 e. The van der Waals surface area contributed by atoms with Crippen LogP contribution in [0.2, 0.25) is 5.02 Å². The van der Waals surface area contributed by atoms with Crippen LogP contribution in [-0.4, -0.2) is 18.6 Å². The first-order valence-electron chi connectivity index (χ1n) is 7.94. The van der Waals surface area contributed by atoms with Gasteiger partial charge in [-0.05, 0) is 37.3 Å². The van der Waals surface area contributed by atoms with Crippen LogP contribution in [0, 0.1) is 0 Å². The van der Waals surface area contributed by atoms with Gasteiger partial charge in [-0.1, -0.05) is 29.8 Å². The molecule has 1 amide bonds. The molecule has 3 aromatic rings. The highest BCUT2D eigenvalue weighted by atomic mass is 35.5. The number of hydrogen-bond donors (Lipinski definition) is 0. The van der Waals surface area contributed by atoms with E-state index in [1.165, 1.54) is 25.1 Å². The number of alkyl halides is 3. The first kappa shape index (κ1) is 19.0. The molecule has 4 nitrogen and oxygen atoms in total. The first-order chi connectivity index (χ1) is 12.7. The van der Waals surface area contributed by atoms with Crippen LogP contribution in [0.4, 0.5) is 18.9 Å². The molecule has 8 heteroatoms. The number of carbonyl (C=O) groups excluding carboxylic acids is 1. The molecular weight excluding hydrogens is 383 g/mol. The molecule has 27 heavy (non-hydrogen) atoms. The van der Waals surface area contributed by atoms with E-state index >= 15 is 0 Å². The van der Waals surface area contributed by atoms with E-state index < -0.39 is 17.7 Å². The van der Waals surface area contributed by atoms with Gasteiger partial charge in [-0.3, -0.25) is 4.79 Å². The Morgan fingerprint density at radius 3 is 2.48 bits per heavy atom. The second-order valence-electron chi connectivity index (χ2n) is 5.70. The number of benzene rings is 2. The maximum absolute atomic E-state index is 12.8. The number of halogens is 4. The average molecular weight is 396 g/mol. The quantitative estimate of drug-likeness (QED) is 0.584. The van der Waals surface area contributed by atoms with E-state index in [1.54, 1.807) is 30.3 Å². The molecular formula is C19H13ClF3NO3. The molecule has 1 heterocycles. The molecule has 0 radical (unpaired) electrons. The third-order valence-corrected chi connectivity index (χ3v) is 4.33. The highest BCUT2D eigenvalue weighted by molar-refractivity contribution is 6.33. The van der Waals surface area contributed by atoms with Gasteiger partial charge in [0.25, 0.3) is 0 Å². The predicted molar refractivity (Wildman–Crippen MR) is 97.0 cm³/mol. The number of para-hydroxylation sites is 1. The van der Waals surface area contributed by atoms with E-state index in [0.717, 1.165) is 0 Å². The lowest BCUT2D eigenvalue weighted by Crippen LogP contribution is -2.41. The van der Waals surface area contributed by atoms with Crippen molar-refractivity contribution in [3.05, 3.63) is 64.0 Å². The third kappa shape index (κ3) is 3.68. The molecule has 0 atom stereocenters. The lowest BCUT2D eigenvalue weighted by atomic mass is 10.0. The van der Waals surface area contributed by atoms with Crippen molar-refractivity contribution in [2.75, 3.05) is 11.4 Å². The van der Waals surface area contributed by atoms with Crippen molar-refractivity contribution in [2.45, 2.75) is 13.1 Å². The van der Waals surface area contributed by atoms with Gasteiger partial charge in [0.15, 0.2) is 0 Å². The summed E-state index contributed by atoms with van der Waals surface area (Å²) < 4.78 is 43.7. The number of anilines is 1. The van der Waals surface area contributed by atoms with Gasteiger partial charge in [-0.2, -0.15) is 13.2 Å². The van der Waals surface area contributed by atoms with Crippen molar-refractivity contribution in [1.29, 1.82) is 0 Å². The monoisotopic (exact) mass is 395 g/mol. The first-order valence-corrected chi connectivity index (χ1v) is 8.31. The summed E-state index contributed by atoms with van der Waals surface area (Å²) in [7, 11) is 0. The Hall–Kier alpha value is -2.80. The molecule has 2 aromatic carbocycles. The number of carbonyl (C=O) groups is 1. The maximum Gasteiger partial charge on any atom is 0.471 e. The summed E-state index contributed by atoms with van der Waals surface area (Å²) in [5.41, 5.74) is -0.0520. The van der Waals surface area contributed by atoms with Gasteiger partial charge < -0.3 is 9.32 Å². The molecule has 140 valence electrons. The van der Waals surface area contributed by atoms with Gasteiger partial charge in [-0.25, -0.2) is 4.79 Å². The van der Waals surface area contributed by atoms with E-state index in [4.69, 9.17) is 16.0 Å². The summed E-state index contributed by atoms with van der Waals surface area (Å²) in [5, 5.41) is 0.782. The fourth-order valence-corrected chi connectivity index (χ4v) is 2.95. The highest BCUT2D eigenvalue weighted by Gasteiger charge is 2.42. The zero-order chi connectivity index (χ0) is 19.8. The van der Waals surface area contributed by atoms with Crippen LogP contribution >= 0.6 is 11.6 Å². The second-order valence-corrected chi connectivity index (χ2v) is 6.10. The van der Waals surface area contributed by atoms with Gasteiger partial charge in [0.05, 0.1) is 5.56 Å². The Labute approximate surface area is 156 Å². The number of rotatable bonds is 3. The zero-order valence-corrected chi connectivity index (χ0v) is 14.8. The number of nitrogens with zero attached hydrogens (tertiary/aromatic N) is 1. The van der Waals surface area contributed by atoms with E-state index in [1.807, 2.05) is 0 Å². The topological polar surface area (TPSA) is 50.5 Å². The van der Waals surface area contributed by atoms with E-state index in [9.17, 15) is 22.8 Å². The molecule has 0 saturated carbocycles. The van der Waals surface area contributed by atoms with E-state index in [2.05, 4.69) is 0 Å². The lowest BCUT2D eigenvalue weighted by Gasteiger charge is -2.23. The van der Waals surface area contributed by atoms with Gasteiger partial charge in [0.1, 0.15) is 5.58 Å². The smallest absolute Gasteiger partial charge is 0.422 e. The highest BCUT2D eigenvalue weighted by Crippen LogP contribution is 2.33. The van der Waals surface area contributed by atoms with Crippen molar-refractivity contribution >= 4 is 34.2 Å². The van der Waals surface area contributed by atoms with Crippen molar-refractivity contribution in [2.24, 2.45) is 0 Å². The van der Waals surface area contributed by atoms with Gasteiger partial charge in [-0.15, -0.1) is 0 Å². The predicted octanol–water partition coefficient (Wildman–Crippen LogP) is 5.03. The molecule has 0 bridgehead atoms. The van der Waals surface area contributed by atoms with E-state index in [-0.39, 0.29) is 28.4 Å². The number of amides is 1. The average Bonchev–Trinajstić information content (AvgIpc) is 2.62. The van der Waals surface area contributed by atoms with Crippen molar-refractivity contribution in [3.8, 4) is 11.1 Å². The van der Waals surface area contributed by atoms with Crippen LogP contribution in [0.5, 0.6) is 0 Å². The molecule has 0 N–H and O–H groups in total. The van der Waals surface area contributed by atoms with Crippen LogP contribution in [0.15, 0.2) is 57.7 Å². The molecule has 0 saturated heterocycles. The van der Waals surface area contributed by atoms with E-state index in [0.29, 0.717) is 15.9 Å². The van der Waals surface area contributed by atoms with Crippen LogP contribution in [0.25, 0.3) is 22.1 Å². The molecule has 3 rings (SSSR count). The van der Waals surface area contributed by atoms with Crippen molar-refractivity contribution < 1.29 is 22.4 Å². The zero-order valence-electron chi connectivity index (χ0n) is 14.0. The molecule has 0 unspecified atom stereocenters. The lowest BCUT2D eigenvalue weighted by molar-refractivity contribution is -0.170. The SMILES string of the molecule is CCN(C(=O)C(F)(F)F)c1ccc(Cl)c(-c2cc3ccccc3oc2=O)c1. The van der Waals surface area contributed by atoms with Gasteiger partial charge in [0, 0.05) is 28.2 Å². The third-order valence-electron chi connectivity index (χ3n) is 4.00. The van der Waals surface area contributed by atoms with Gasteiger partial charge >= 0.3 is 17.7 Å². The molecule has 0 fully saturated rings. The van der Waals surface area contributed by atoms with Crippen LogP contribution in [0.1, 0.15) is 6.92 Å². The fraction of sp³-hybridized carbons (Fsp3) is 0.158. The second kappa shape index (κ2) is 7.08. The normalized spacial score (nSPS) is 11.6. The Balaban J connectivity index is 2.15. The molecule has 1 aromatic heterocycles. The summed E-state index contributed by atoms with van der Waals surface area (Å²) >= 11 is 6.17. The summed E-state index contributed by atoms with van der Waals surface area (Å²) in [6.07, 6.45) is -5.02. The molecule has 0 aliphatic heterocycles. The van der Waals surface area contributed by atoms with Crippen LogP contribution < -0.4 is 10.5 Å². The molecule has 0 aliphatic carbocycles. The molecule has 0 spiro atoms. The summed E-state index contributed by atoms with van der Waals surface area (Å²) in [4.78, 5) is 24.6. The Bertz CT molecular complexity index is 1080. The van der Waals surface area contributed by atoms with Crippen molar-refractivity contribution in [3.63, 3.8) is 0 Å². The van der Waals surface area contributed by atoms with Gasteiger partial charge in [0.2, 0.25) is 0 Å². The van der Waals surface area contributed by atoms with Crippen LogP contribution in [-0.2, 0) is 4.79 Å². The number of hydrogen-bond acceptors (Lipinski definition) is 3. The van der Waals surface area contributed by atoms with Crippen molar-refractivity contribution in [1.82, 2.24) is 0 Å². The van der Waals surface area contributed by atoms with Crippen LogP contribution in [0.3, 0.4) is 0 Å². The number of fused-ring (bicyclic) bond motifs is 1. The summed E-state index contributed by atoms with van der Waals surface area (Å²) in [6.45, 7) is 1.22. The standard InChI is InChI=1S/C19H13ClF3NO3/c1-2-24(18(26)19(21,22)23)12-7-8-15(20)13(10-12)14-9-11-5-3-4-6-16(11)27-17(14)25/h3-10H,2H2,1H3.